The van der Waals surface area contributed by atoms with Gasteiger partial charge in [-0.3, -0.25) is 4.79 Å². The minimum atomic E-state index is -0.610. The maximum atomic E-state index is 13.1. The molecule has 0 aliphatic carbocycles. The highest BCUT2D eigenvalue weighted by Crippen LogP contribution is 2.29. The van der Waals surface area contributed by atoms with E-state index in [0.29, 0.717) is 30.7 Å². The fraction of sp³-hybridized carbons (Fsp3) is 0.364. The first-order chi connectivity index (χ1) is 14.6. The topological polar surface area (TPSA) is 89.4 Å². The van der Waals surface area contributed by atoms with Crippen LogP contribution in [-0.2, 0) is 17.7 Å². The molecule has 154 valence electrons. The van der Waals surface area contributed by atoms with Crippen LogP contribution in [0.2, 0.25) is 0 Å². The SMILES string of the molecule is O=C1NCC2(CCCN(C(=O)c3cnc4c(c3)ncn4CCc3ccccc3)C2)O1. The Bertz CT molecular complexity index is 1100. The number of imidazole rings is 1. The summed E-state index contributed by atoms with van der Waals surface area (Å²) in [6.07, 6.45) is 5.42. The molecular formula is C22H23N5O3. The van der Waals surface area contributed by atoms with Crippen LogP contribution in [0.3, 0.4) is 0 Å². The maximum Gasteiger partial charge on any atom is 0.407 e. The average Bonchev–Trinajstić information content (AvgIpc) is 3.35. The number of piperidine rings is 1. The van der Waals surface area contributed by atoms with E-state index in [-0.39, 0.29) is 5.91 Å². The Morgan fingerprint density at radius 3 is 2.90 bits per heavy atom. The van der Waals surface area contributed by atoms with Crippen molar-refractivity contribution in [2.75, 3.05) is 19.6 Å². The Labute approximate surface area is 173 Å². The van der Waals surface area contributed by atoms with Crippen LogP contribution < -0.4 is 5.32 Å². The van der Waals surface area contributed by atoms with Crippen LogP contribution in [0.5, 0.6) is 0 Å². The molecule has 1 N–H and O–H groups in total. The van der Waals surface area contributed by atoms with Gasteiger partial charge in [0.2, 0.25) is 0 Å². The molecule has 3 aromatic rings. The van der Waals surface area contributed by atoms with E-state index in [0.717, 1.165) is 31.5 Å². The first kappa shape index (κ1) is 18.6. The highest BCUT2D eigenvalue weighted by atomic mass is 16.6. The number of fused-ring (bicyclic) bond motifs is 1. The van der Waals surface area contributed by atoms with Crippen molar-refractivity contribution in [3.8, 4) is 0 Å². The van der Waals surface area contributed by atoms with E-state index >= 15 is 0 Å². The van der Waals surface area contributed by atoms with E-state index in [4.69, 9.17) is 4.74 Å². The standard InChI is InChI=1S/C22H23N5O3/c28-20(26-9-4-8-22(14-26)13-24-21(29)30-22)17-11-18-19(23-12-17)27(15-25-18)10-7-16-5-2-1-3-6-16/h1-3,5-6,11-12,15H,4,7-10,13-14H2,(H,24,29). The van der Waals surface area contributed by atoms with Crippen molar-refractivity contribution >= 4 is 23.2 Å². The van der Waals surface area contributed by atoms with Gasteiger partial charge in [-0.1, -0.05) is 30.3 Å². The third-order valence-corrected chi connectivity index (χ3v) is 5.88. The lowest BCUT2D eigenvalue weighted by atomic mass is 9.92. The van der Waals surface area contributed by atoms with Crippen LogP contribution in [0.4, 0.5) is 4.79 Å². The summed E-state index contributed by atoms with van der Waals surface area (Å²) in [7, 11) is 0. The zero-order valence-corrected chi connectivity index (χ0v) is 16.6. The molecule has 0 bridgehead atoms. The maximum absolute atomic E-state index is 13.1. The molecule has 1 atom stereocenters. The first-order valence-electron chi connectivity index (χ1n) is 10.2. The second-order valence-electron chi connectivity index (χ2n) is 8.00. The smallest absolute Gasteiger partial charge is 0.407 e. The number of aromatic nitrogens is 3. The van der Waals surface area contributed by atoms with Crippen molar-refractivity contribution in [3.63, 3.8) is 0 Å². The van der Waals surface area contributed by atoms with E-state index in [1.54, 1.807) is 23.5 Å². The fourth-order valence-electron chi connectivity index (χ4n) is 4.31. The van der Waals surface area contributed by atoms with Crippen molar-refractivity contribution < 1.29 is 14.3 Å². The summed E-state index contributed by atoms with van der Waals surface area (Å²) in [6, 6.07) is 12.1. The van der Waals surface area contributed by atoms with Crippen molar-refractivity contribution in [1.29, 1.82) is 0 Å². The number of pyridine rings is 1. The first-order valence-corrected chi connectivity index (χ1v) is 10.2. The second kappa shape index (κ2) is 7.44. The lowest BCUT2D eigenvalue weighted by Gasteiger charge is -2.38. The van der Waals surface area contributed by atoms with Crippen LogP contribution in [0, 0.1) is 0 Å². The van der Waals surface area contributed by atoms with Gasteiger partial charge in [-0.15, -0.1) is 0 Å². The zero-order chi connectivity index (χ0) is 20.6. The molecule has 1 aromatic carbocycles. The van der Waals surface area contributed by atoms with Gasteiger partial charge in [-0.25, -0.2) is 14.8 Å². The van der Waals surface area contributed by atoms with Gasteiger partial charge in [-0.05, 0) is 30.9 Å². The van der Waals surface area contributed by atoms with Crippen LogP contribution in [0.25, 0.3) is 11.2 Å². The lowest BCUT2D eigenvalue weighted by molar-refractivity contribution is -0.00504. The molecular weight excluding hydrogens is 382 g/mol. The van der Waals surface area contributed by atoms with Gasteiger partial charge in [-0.2, -0.15) is 0 Å². The van der Waals surface area contributed by atoms with Gasteiger partial charge in [0.1, 0.15) is 11.1 Å². The highest BCUT2D eigenvalue weighted by Gasteiger charge is 2.44. The summed E-state index contributed by atoms with van der Waals surface area (Å²) in [5.74, 6) is -0.106. The Balaban J connectivity index is 1.31. The van der Waals surface area contributed by atoms with Gasteiger partial charge < -0.3 is 19.5 Å². The number of nitrogens with zero attached hydrogens (tertiary/aromatic N) is 4. The zero-order valence-electron chi connectivity index (χ0n) is 16.6. The normalized spacial score (nSPS) is 21.1. The lowest BCUT2D eigenvalue weighted by Crippen LogP contribution is -2.52. The number of benzene rings is 1. The molecule has 8 heteroatoms. The fourth-order valence-corrected chi connectivity index (χ4v) is 4.31. The van der Waals surface area contributed by atoms with Gasteiger partial charge in [0.25, 0.3) is 5.91 Å². The number of carbonyl (C=O) groups is 2. The van der Waals surface area contributed by atoms with Crippen LogP contribution in [0.15, 0.2) is 48.9 Å². The van der Waals surface area contributed by atoms with Gasteiger partial charge in [0, 0.05) is 19.3 Å². The van der Waals surface area contributed by atoms with Crippen LogP contribution in [0.1, 0.15) is 28.8 Å². The summed E-state index contributed by atoms with van der Waals surface area (Å²) < 4.78 is 7.48. The molecule has 0 radical (unpaired) electrons. The Morgan fingerprint density at radius 1 is 1.23 bits per heavy atom. The molecule has 2 aliphatic rings. The van der Waals surface area contributed by atoms with Gasteiger partial charge in [0.15, 0.2) is 5.65 Å². The third kappa shape index (κ3) is 3.49. The molecule has 2 aromatic heterocycles. The number of amides is 2. The van der Waals surface area contributed by atoms with E-state index in [9.17, 15) is 9.59 Å². The summed E-state index contributed by atoms with van der Waals surface area (Å²) >= 11 is 0. The number of aryl methyl sites for hydroxylation is 2. The molecule has 1 unspecified atom stereocenters. The van der Waals surface area contributed by atoms with E-state index in [1.807, 2.05) is 22.8 Å². The number of ether oxygens (including phenoxy) is 1. The highest BCUT2D eigenvalue weighted by molar-refractivity contribution is 5.96. The Kier molecular flexibility index (Phi) is 4.61. The van der Waals surface area contributed by atoms with Crippen molar-refractivity contribution in [1.82, 2.24) is 24.8 Å². The van der Waals surface area contributed by atoms with Crippen molar-refractivity contribution in [2.24, 2.45) is 0 Å². The minimum Gasteiger partial charge on any atom is -0.439 e. The number of rotatable bonds is 4. The number of nitrogens with one attached hydrogen (secondary N) is 1. The molecule has 5 rings (SSSR count). The number of hydrogen-bond acceptors (Lipinski definition) is 5. The molecule has 2 saturated heterocycles. The molecule has 1 spiro atoms. The summed E-state index contributed by atoms with van der Waals surface area (Å²) in [6.45, 7) is 2.25. The summed E-state index contributed by atoms with van der Waals surface area (Å²) in [5, 5.41) is 2.71. The van der Waals surface area contributed by atoms with Crippen LogP contribution >= 0.6 is 0 Å². The summed E-state index contributed by atoms with van der Waals surface area (Å²) in [5.41, 5.74) is 2.63. The Morgan fingerprint density at radius 2 is 2.10 bits per heavy atom. The molecule has 2 aliphatic heterocycles. The summed E-state index contributed by atoms with van der Waals surface area (Å²) in [4.78, 5) is 35.3. The quantitative estimate of drug-likeness (QED) is 0.720. The molecule has 8 nitrogen and oxygen atoms in total. The van der Waals surface area contributed by atoms with Crippen molar-refractivity contribution in [2.45, 2.75) is 31.4 Å². The predicted octanol–water partition coefficient (Wildman–Crippen LogP) is 2.39. The van der Waals surface area contributed by atoms with E-state index < -0.39 is 11.7 Å². The molecule has 2 fully saturated rings. The van der Waals surface area contributed by atoms with Gasteiger partial charge >= 0.3 is 6.09 Å². The molecule has 4 heterocycles. The van der Waals surface area contributed by atoms with Crippen LogP contribution in [-0.4, -0.2) is 56.7 Å². The predicted molar refractivity (Wildman–Crippen MR) is 110 cm³/mol. The molecule has 0 saturated carbocycles. The number of hydrogen-bond donors (Lipinski definition) is 1. The molecule has 30 heavy (non-hydrogen) atoms. The largest absolute Gasteiger partial charge is 0.439 e. The Hall–Kier alpha value is -3.42. The van der Waals surface area contributed by atoms with Gasteiger partial charge in [0.05, 0.1) is 25.0 Å². The van der Waals surface area contributed by atoms with E-state index in [2.05, 4.69) is 27.4 Å². The average molecular weight is 405 g/mol. The van der Waals surface area contributed by atoms with Crippen molar-refractivity contribution in [3.05, 3.63) is 60.0 Å². The second-order valence-corrected chi connectivity index (χ2v) is 8.00. The van der Waals surface area contributed by atoms with E-state index in [1.165, 1.54) is 5.56 Å². The monoisotopic (exact) mass is 405 g/mol. The number of carbonyl (C=O) groups excluding carboxylic acids is 2. The third-order valence-electron chi connectivity index (χ3n) is 5.88. The molecule has 2 amide bonds. The number of alkyl carbamates (subject to hydrolysis) is 1. The number of likely N-dealkylation sites (tertiary alicyclic amines) is 1. The minimum absolute atomic E-state index is 0.106.